The van der Waals surface area contributed by atoms with Gasteiger partial charge in [0, 0.05) is 0 Å². The monoisotopic (exact) mass is 413 g/mol. The molecule has 1 fully saturated rings. The Labute approximate surface area is 158 Å². The summed E-state index contributed by atoms with van der Waals surface area (Å²) in [5, 5.41) is -0.388. The first-order valence-electron chi connectivity index (χ1n) is 7.88. The van der Waals surface area contributed by atoms with E-state index in [4.69, 9.17) is 0 Å². The van der Waals surface area contributed by atoms with Gasteiger partial charge in [0.1, 0.15) is 5.82 Å². The molecule has 7 nitrogen and oxygen atoms in total. The molecule has 0 amide bonds. The number of sulfone groups is 1. The molecule has 27 heavy (non-hydrogen) atoms. The number of rotatable bonds is 6. The number of hydrogen-bond acceptors (Lipinski definition) is 5. The van der Waals surface area contributed by atoms with Gasteiger partial charge >= 0.3 is 5.97 Å². The van der Waals surface area contributed by atoms with Crippen LogP contribution < -0.4 is 4.31 Å². The fourth-order valence-corrected chi connectivity index (χ4v) is 4.89. The van der Waals surface area contributed by atoms with Gasteiger partial charge in [-0.1, -0.05) is 0 Å². The van der Waals surface area contributed by atoms with Crippen LogP contribution in [-0.4, -0.2) is 35.5 Å². The normalized spacial score (nSPS) is 15.2. The van der Waals surface area contributed by atoms with Crippen LogP contribution in [0.5, 0.6) is 0 Å². The molecule has 1 atom stereocenters. The van der Waals surface area contributed by atoms with Gasteiger partial charge in [-0.3, -0.25) is 4.55 Å². The molecule has 0 radical (unpaired) electrons. The number of methoxy groups -OCH3 is 1. The van der Waals surface area contributed by atoms with Crippen LogP contribution in [0.4, 0.5) is 15.8 Å². The van der Waals surface area contributed by atoms with Crippen molar-refractivity contribution in [1.29, 1.82) is 0 Å². The maximum atomic E-state index is 13.7. The van der Waals surface area contributed by atoms with Crippen LogP contribution >= 0.6 is 0 Å². The van der Waals surface area contributed by atoms with E-state index in [9.17, 15) is 26.4 Å². The van der Waals surface area contributed by atoms with E-state index in [-0.39, 0.29) is 27.1 Å². The average Bonchev–Trinajstić information content (AvgIpc) is 3.47. The van der Waals surface area contributed by atoms with Gasteiger partial charge in [0.2, 0.25) is 0 Å². The Morgan fingerprint density at radius 1 is 1.22 bits per heavy atom. The van der Waals surface area contributed by atoms with Crippen LogP contribution in [-0.2, 0) is 25.8 Å². The molecule has 1 aliphatic carbocycles. The lowest BCUT2D eigenvalue weighted by Gasteiger charge is -2.22. The summed E-state index contributed by atoms with van der Waals surface area (Å²) in [6, 6.07) is 8.39. The maximum absolute atomic E-state index is 13.7. The number of hydrogen-bond donors (Lipinski definition) is 1. The van der Waals surface area contributed by atoms with Crippen LogP contribution in [0, 0.1) is 5.82 Å². The third kappa shape index (κ3) is 3.87. The lowest BCUT2D eigenvalue weighted by atomic mass is 10.1. The Bertz CT molecular complexity index is 1000. The second-order valence-electron chi connectivity index (χ2n) is 5.92. The number of carbonyl (C=O) groups excluding carboxylic acids is 1. The maximum Gasteiger partial charge on any atom is 0.340 e. The van der Waals surface area contributed by atoms with Gasteiger partial charge in [0.05, 0.1) is 34.2 Å². The SMILES string of the molecule is COC(=O)c1ccc(F)cc1N(c1ccc(S(=O)(=O)C2CC2)cc1)S(=O)O. The van der Waals surface area contributed by atoms with E-state index >= 15 is 0 Å². The summed E-state index contributed by atoms with van der Waals surface area (Å²) >= 11 is -2.66. The van der Waals surface area contributed by atoms with Gasteiger partial charge < -0.3 is 4.74 Å². The van der Waals surface area contributed by atoms with E-state index in [2.05, 4.69) is 4.74 Å². The first-order chi connectivity index (χ1) is 12.8. The number of benzene rings is 2. The van der Waals surface area contributed by atoms with Crippen molar-refractivity contribution in [3.63, 3.8) is 0 Å². The molecule has 3 rings (SSSR count). The highest BCUT2D eigenvalue weighted by atomic mass is 32.2. The standard InChI is InChI=1S/C17H16FNO6S2/c1-25-17(20)15-9-2-11(18)10-16(15)19(26(21)22)12-3-5-13(6-4-12)27(23,24)14-7-8-14/h2-6,9-10,14H,7-8H2,1H3,(H,21,22). The summed E-state index contributed by atoms with van der Waals surface area (Å²) in [4.78, 5) is 12.0. The minimum absolute atomic E-state index is 0.102. The zero-order valence-electron chi connectivity index (χ0n) is 14.2. The van der Waals surface area contributed by atoms with E-state index in [1.165, 1.54) is 24.3 Å². The first kappa shape index (κ1) is 19.5. The van der Waals surface area contributed by atoms with Crippen LogP contribution in [0.1, 0.15) is 23.2 Å². The van der Waals surface area contributed by atoms with E-state index in [0.717, 1.165) is 29.6 Å². The minimum Gasteiger partial charge on any atom is -0.465 e. The summed E-state index contributed by atoms with van der Waals surface area (Å²) in [5.41, 5.74) is -0.183. The highest BCUT2D eigenvalue weighted by molar-refractivity contribution is 7.92. The van der Waals surface area contributed by atoms with Crippen molar-refractivity contribution >= 4 is 38.4 Å². The van der Waals surface area contributed by atoms with Crippen LogP contribution in [0.15, 0.2) is 47.4 Å². The van der Waals surface area contributed by atoms with E-state index < -0.39 is 32.9 Å². The van der Waals surface area contributed by atoms with Gasteiger partial charge in [0.15, 0.2) is 9.84 Å². The van der Waals surface area contributed by atoms with Crippen molar-refractivity contribution < 1.29 is 31.1 Å². The predicted octanol–water partition coefficient (Wildman–Crippen LogP) is 2.82. The molecule has 1 N–H and O–H groups in total. The highest BCUT2D eigenvalue weighted by Crippen LogP contribution is 2.36. The molecule has 0 saturated heterocycles. The van der Waals surface area contributed by atoms with Crippen molar-refractivity contribution in [3.8, 4) is 0 Å². The van der Waals surface area contributed by atoms with Gasteiger partial charge in [-0.05, 0) is 55.3 Å². The number of carbonyl (C=O) groups is 1. The number of halogens is 1. The fraction of sp³-hybridized carbons (Fsp3) is 0.235. The third-order valence-corrected chi connectivity index (χ3v) is 7.10. The molecule has 1 unspecified atom stereocenters. The van der Waals surface area contributed by atoms with Gasteiger partial charge in [-0.15, -0.1) is 0 Å². The summed E-state index contributed by atoms with van der Waals surface area (Å²) < 4.78 is 65.4. The average molecular weight is 413 g/mol. The smallest absolute Gasteiger partial charge is 0.340 e. The molecule has 0 spiro atoms. The van der Waals surface area contributed by atoms with Gasteiger partial charge in [0.25, 0.3) is 11.3 Å². The molecule has 0 aromatic heterocycles. The van der Waals surface area contributed by atoms with E-state index in [1.54, 1.807) is 0 Å². The van der Waals surface area contributed by atoms with Crippen LogP contribution in [0.25, 0.3) is 0 Å². The lowest BCUT2D eigenvalue weighted by Crippen LogP contribution is -2.22. The summed E-state index contributed by atoms with van der Waals surface area (Å²) in [7, 11) is -2.28. The number of nitrogens with zero attached hydrogens (tertiary/aromatic N) is 1. The Morgan fingerprint density at radius 2 is 1.85 bits per heavy atom. The molecule has 1 saturated carbocycles. The molecular formula is C17H16FNO6S2. The molecule has 0 heterocycles. The van der Waals surface area contributed by atoms with Gasteiger partial charge in [-0.25, -0.2) is 26.1 Å². The molecule has 0 aliphatic heterocycles. The van der Waals surface area contributed by atoms with Crippen molar-refractivity contribution in [2.24, 2.45) is 0 Å². The third-order valence-electron chi connectivity index (χ3n) is 4.10. The van der Waals surface area contributed by atoms with Crippen LogP contribution in [0.2, 0.25) is 0 Å². The second-order valence-corrected chi connectivity index (χ2v) is 8.97. The topological polar surface area (TPSA) is 101 Å². The molecule has 1 aliphatic rings. The Hall–Kier alpha value is -2.30. The summed E-state index contributed by atoms with van der Waals surface area (Å²) in [6.45, 7) is 0. The predicted molar refractivity (Wildman–Crippen MR) is 97.3 cm³/mol. The van der Waals surface area contributed by atoms with Crippen molar-refractivity contribution in [1.82, 2.24) is 0 Å². The quantitative estimate of drug-likeness (QED) is 0.577. The molecule has 2 aromatic carbocycles. The molecule has 2 aromatic rings. The fourth-order valence-electron chi connectivity index (χ4n) is 2.61. The van der Waals surface area contributed by atoms with Crippen molar-refractivity contribution in [2.45, 2.75) is 23.0 Å². The Kier molecular flexibility index (Phi) is 5.31. The minimum atomic E-state index is -3.42. The molecule has 144 valence electrons. The summed E-state index contributed by atoms with van der Waals surface area (Å²) in [6.07, 6.45) is 1.23. The van der Waals surface area contributed by atoms with Gasteiger partial charge in [-0.2, -0.15) is 0 Å². The largest absolute Gasteiger partial charge is 0.465 e. The van der Waals surface area contributed by atoms with E-state index in [1.807, 2.05) is 0 Å². The lowest BCUT2D eigenvalue weighted by molar-refractivity contribution is 0.0601. The van der Waals surface area contributed by atoms with E-state index in [0.29, 0.717) is 12.8 Å². The number of ether oxygens (including phenoxy) is 1. The molecular weight excluding hydrogens is 397 g/mol. The first-order valence-corrected chi connectivity index (χ1v) is 10.5. The van der Waals surface area contributed by atoms with Crippen molar-refractivity contribution in [3.05, 3.63) is 53.8 Å². The highest BCUT2D eigenvalue weighted by Gasteiger charge is 2.37. The number of anilines is 2. The van der Waals surface area contributed by atoms with Crippen molar-refractivity contribution in [2.75, 3.05) is 11.4 Å². The summed E-state index contributed by atoms with van der Waals surface area (Å²) in [5.74, 6) is -1.53. The Morgan fingerprint density at radius 3 is 2.37 bits per heavy atom. The zero-order valence-corrected chi connectivity index (χ0v) is 15.8. The zero-order chi connectivity index (χ0) is 19.8. The molecule has 10 heteroatoms. The molecule has 0 bridgehead atoms. The number of esters is 1. The van der Waals surface area contributed by atoms with Crippen LogP contribution in [0.3, 0.4) is 0 Å². The Balaban J connectivity index is 2.06. The second kappa shape index (κ2) is 7.37.